The van der Waals surface area contributed by atoms with Crippen molar-refractivity contribution in [2.24, 2.45) is 23.7 Å². The van der Waals surface area contributed by atoms with Gasteiger partial charge in [0.25, 0.3) is 0 Å². The fourth-order valence-corrected chi connectivity index (χ4v) is 4.98. The summed E-state index contributed by atoms with van der Waals surface area (Å²) in [5, 5.41) is 0. The number of carbonyl (C=O) groups excluding carboxylic acids is 2. The van der Waals surface area contributed by atoms with Gasteiger partial charge in [0.15, 0.2) is 5.60 Å². The Balaban J connectivity index is 1.84. The molecule has 4 nitrogen and oxygen atoms in total. The lowest BCUT2D eigenvalue weighted by atomic mass is 9.50. The maximum atomic E-state index is 12.2. The molecule has 0 aliphatic heterocycles. The highest BCUT2D eigenvalue weighted by Gasteiger charge is 2.60. The van der Waals surface area contributed by atoms with Gasteiger partial charge in [-0.2, -0.15) is 0 Å². The summed E-state index contributed by atoms with van der Waals surface area (Å²) in [5.41, 5.74) is 0.0915. The van der Waals surface area contributed by atoms with Crippen LogP contribution < -0.4 is 0 Å². The third-order valence-electron chi connectivity index (χ3n) is 5.93. The summed E-state index contributed by atoms with van der Waals surface area (Å²) in [6, 6.07) is 0. The van der Waals surface area contributed by atoms with Crippen molar-refractivity contribution in [3.63, 3.8) is 0 Å². The molecule has 23 heavy (non-hydrogen) atoms. The van der Waals surface area contributed by atoms with Crippen molar-refractivity contribution < 1.29 is 19.1 Å². The van der Waals surface area contributed by atoms with Crippen LogP contribution in [0.5, 0.6) is 0 Å². The van der Waals surface area contributed by atoms with E-state index in [9.17, 15) is 9.59 Å². The summed E-state index contributed by atoms with van der Waals surface area (Å²) in [6.45, 7) is 10.8. The lowest BCUT2D eigenvalue weighted by Crippen LogP contribution is -2.62. The molecule has 0 amide bonds. The van der Waals surface area contributed by atoms with Crippen LogP contribution in [-0.4, -0.2) is 24.1 Å². The number of hydrogen-bond acceptors (Lipinski definition) is 4. The highest BCUT2D eigenvalue weighted by atomic mass is 16.6. The molecular weight excluding hydrogens is 292 g/mol. The molecule has 126 valence electrons. The van der Waals surface area contributed by atoms with E-state index in [1.165, 1.54) is 6.42 Å². The van der Waals surface area contributed by atoms with E-state index in [4.69, 9.17) is 9.47 Å². The van der Waals surface area contributed by atoms with E-state index in [2.05, 4.69) is 13.2 Å². The molecule has 4 rings (SSSR count). The maximum Gasteiger partial charge on any atom is 0.333 e. The molecule has 0 unspecified atom stereocenters. The average Bonchev–Trinajstić information content (AvgIpc) is 2.48. The summed E-state index contributed by atoms with van der Waals surface area (Å²) in [6.07, 6.45) is 5.59. The Bertz CT molecular complexity index is 532. The molecule has 0 aromatic heterocycles. The van der Waals surface area contributed by atoms with Crippen LogP contribution in [0, 0.1) is 23.7 Å². The molecule has 0 N–H and O–H groups in total. The van der Waals surface area contributed by atoms with E-state index in [1.54, 1.807) is 13.8 Å². The highest BCUT2D eigenvalue weighted by molar-refractivity contribution is 5.88. The third-order valence-corrected chi connectivity index (χ3v) is 5.93. The Labute approximate surface area is 137 Å². The minimum absolute atomic E-state index is 0.145. The molecule has 0 saturated heterocycles. The number of carbonyl (C=O) groups is 2. The second kappa shape index (κ2) is 5.81. The number of esters is 2. The quantitative estimate of drug-likeness (QED) is 0.576. The molecule has 0 radical (unpaired) electrons. The van der Waals surface area contributed by atoms with E-state index in [-0.39, 0.29) is 12.6 Å². The lowest BCUT2D eigenvalue weighted by Gasteiger charge is -2.59. The van der Waals surface area contributed by atoms with Gasteiger partial charge < -0.3 is 9.47 Å². The van der Waals surface area contributed by atoms with Gasteiger partial charge in [-0.25, -0.2) is 9.59 Å². The average molecular weight is 318 g/mol. The Morgan fingerprint density at radius 3 is 1.83 bits per heavy atom. The topological polar surface area (TPSA) is 52.6 Å². The van der Waals surface area contributed by atoms with Crippen molar-refractivity contribution in [3.05, 3.63) is 24.3 Å². The first-order chi connectivity index (χ1) is 10.8. The van der Waals surface area contributed by atoms with Crippen LogP contribution in [0.15, 0.2) is 24.3 Å². The Morgan fingerprint density at radius 2 is 1.39 bits per heavy atom. The van der Waals surface area contributed by atoms with Crippen LogP contribution in [0.3, 0.4) is 0 Å². The van der Waals surface area contributed by atoms with Crippen molar-refractivity contribution >= 4 is 11.9 Å². The maximum absolute atomic E-state index is 12.2. The van der Waals surface area contributed by atoms with Crippen molar-refractivity contribution in [2.75, 3.05) is 6.61 Å². The molecule has 4 bridgehead atoms. The minimum Gasteiger partial charge on any atom is -0.458 e. The van der Waals surface area contributed by atoms with E-state index in [0.29, 0.717) is 23.0 Å². The van der Waals surface area contributed by atoms with Gasteiger partial charge in [-0.1, -0.05) is 13.2 Å². The third kappa shape index (κ3) is 2.84. The molecular formula is C19H26O4. The van der Waals surface area contributed by atoms with Gasteiger partial charge in [-0.3, -0.25) is 0 Å². The SMILES string of the molecule is C=C(C)C(=O)OCC1(OC(=O)C(=C)C)C2CC3CC(C2)CC1C3. The molecule has 0 aromatic carbocycles. The van der Waals surface area contributed by atoms with Gasteiger partial charge in [0, 0.05) is 23.0 Å². The smallest absolute Gasteiger partial charge is 0.333 e. The van der Waals surface area contributed by atoms with Crippen LogP contribution in [0.25, 0.3) is 0 Å². The highest BCUT2D eigenvalue weighted by Crippen LogP contribution is 2.59. The van der Waals surface area contributed by atoms with Gasteiger partial charge in [0.1, 0.15) is 6.61 Å². The number of hydrogen-bond donors (Lipinski definition) is 0. The summed E-state index contributed by atoms with van der Waals surface area (Å²) >= 11 is 0. The first-order valence-electron chi connectivity index (χ1n) is 8.53. The molecule has 0 aromatic rings. The van der Waals surface area contributed by atoms with Gasteiger partial charge in [0.05, 0.1) is 0 Å². The Hall–Kier alpha value is -1.58. The Morgan fingerprint density at radius 1 is 0.913 bits per heavy atom. The van der Waals surface area contributed by atoms with Gasteiger partial charge in [-0.15, -0.1) is 0 Å². The summed E-state index contributed by atoms with van der Waals surface area (Å²) in [5.74, 6) is 1.28. The number of ether oxygens (including phenoxy) is 2. The molecule has 0 atom stereocenters. The van der Waals surface area contributed by atoms with Crippen LogP contribution in [-0.2, 0) is 19.1 Å². The fraction of sp³-hybridized carbons (Fsp3) is 0.684. The molecule has 0 heterocycles. The summed E-state index contributed by atoms with van der Waals surface area (Å²) in [4.78, 5) is 24.1. The largest absolute Gasteiger partial charge is 0.458 e. The zero-order chi connectivity index (χ0) is 16.8. The summed E-state index contributed by atoms with van der Waals surface area (Å²) < 4.78 is 11.4. The lowest BCUT2D eigenvalue weighted by molar-refractivity contribution is -0.222. The molecule has 4 fully saturated rings. The normalized spacial score (nSPS) is 37.3. The van der Waals surface area contributed by atoms with Gasteiger partial charge >= 0.3 is 11.9 Å². The van der Waals surface area contributed by atoms with E-state index >= 15 is 0 Å². The molecule has 4 heteroatoms. The monoisotopic (exact) mass is 318 g/mol. The first kappa shape index (κ1) is 16.3. The van der Waals surface area contributed by atoms with Crippen LogP contribution in [0.1, 0.15) is 46.0 Å². The molecule has 4 aliphatic rings. The standard InChI is InChI=1S/C19H26O4/c1-11(2)17(20)22-10-19(23-18(21)12(3)4)15-6-13-5-14(8-15)9-16(19)7-13/h13-16H,1,3,5-10H2,2,4H3. The minimum atomic E-state index is -0.672. The fourth-order valence-electron chi connectivity index (χ4n) is 4.98. The van der Waals surface area contributed by atoms with Crippen LogP contribution in [0.2, 0.25) is 0 Å². The molecule has 0 spiro atoms. The van der Waals surface area contributed by atoms with Gasteiger partial charge in [-0.05, 0) is 57.8 Å². The molecule has 4 saturated carbocycles. The predicted octanol–water partition coefficient (Wildman–Crippen LogP) is 3.42. The second-order valence-corrected chi connectivity index (χ2v) is 7.79. The van der Waals surface area contributed by atoms with Crippen molar-refractivity contribution in [3.8, 4) is 0 Å². The zero-order valence-corrected chi connectivity index (χ0v) is 14.1. The number of rotatable bonds is 5. The van der Waals surface area contributed by atoms with E-state index < -0.39 is 11.6 Å². The van der Waals surface area contributed by atoms with Crippen molar-refractivity contribution in [2.45, 2.75) is 51.6 Å². The predicted molar refractivity (Wildman–Crippen MR) is 86.5 cm³/mol. The van der Waals surface area contributed by atoms with Crippen LogP contribution in [0.4, 0.5) is 0 Å². The molecule has 4 aliphatic carbocycles. The van der Waals surface area contributed by atoms with E-state index in [1.807, 2.05) is 0 Å². The first-order valence-corrected chi connectivity index (χ1v) is 8.53. The Kier molecular flexibility index (Phi) is 4.11. The van der Waals surface area contributed by atoms with Crippen molar-refractivity contribution in [1.82, 2.24) is 0 Å². The zero-order valence-electron chi connectivity index (χ0n) is 14.1. The second-order valence-electron chi connectivity index (χ2n) is 7.79. The van der Waals surface area contributed by atoms with Crippen molar-refractivity contribution in [1.29, 1.82) is 0 Å². The summed E-state index contributed by atoms with van der Waals surface area (Å²) in [7, 11) is 0. The van der Waals surface area contributed by atoms with E-state index in [0.717, 1.165) is 37.5 Å². The van der Waals surface area contributed by atoms with Gasteiger partial charge in [0.2, 0.25) is 0 Å². The van der Waals surface area contributed by atoms with Crippen LogP contribution >= 0.6 is 0 Å².